The molecule has 4 nitrogen and oxygen atoms in total. The number of rotatable bonds is 8. The first-order valence-electron chi connectivity index (χ1n) is 14.0. The highest BCUT2D eigenvalue weighted by Gasteiger charge is 2.36. The molecule has 1 aliphatic carbocycles. The Morgan fingerprint density at radius 2 is 1.46 bits per heavy atom. The van der Waals surface area contributed by atoms with E-state index in [9.17, 15) is 4.79 Å². The SMILES string of the molecule is Cl.O=C1C(Cc2c(Cl)cc(-c3c(F)cc(OCCN4CCCCC4)cc3F)cc2Cl)CCN1C1CCCCC1. The van der Waals surface area contributed by atoms with E-state index in [0.29, 0.717) is 34.7 Å². The van der Waals surface area contributed by atoms with E-state index in [1.165, 1.54) is 50.7 Å². The Morgan fingerprint density at radius 3 is 2.10 bits per heavy atom. The molecule has 2 aromatic rings. The molecular weight excluding hydrogens is 565 g/mol. The second-order valence-corrected chi connectivity index (χ2v) is 11.8. The summed E-state index contributed by atoms with van der Waals surface area (Å²) in [7, 11) is 0. The molecule has 1 unspecified atom stereocenters. The van der Waals surface area contributed by atoms with Crippen LogP contribution in [0.3, 0.4) is 0 Å². The zero-order valence-corrected chi connectivity index (χ0v) is 24.5. The monoisotopic (exact) mass is 600 g/mol. The third-order valence-electron chi connectivity index (χ3n) is 8.39. The molecule has 3 fully saturated rings. The van der Waals surface area contributed by atoms with Gasteiger partial charge in [0.2, 0.25) is 5.91 Å². The number of hydrogen-bond acceptors (Lipinski definition) is 3. The third-order valence-corrected chi connectivity index (χ3v) is 9.06. The molecule has 214 valence electrons. The van der Waals surface area contributed by atoms with E-state index >= 15 is 8.78 Å². The van der Waals surface area contributed by atoms with Crippen LogP contribution in [0.4, 0.5) is 8.78 Å². The van der Waals surface area contributed by atoms with Crippen LogP contribution in [0.15, 0.2) is 24.3 Å². The number of halogens is 5. The van der Waals surface area contributed by atoms with Crippen molar-refractivity contribution in [3.63, 3.8) is 0 Å². The van der Waals surface area contributed by atoms with Crippen LogP contribution in [0, 0.1) is 17.6 Å². The zero-order chi connectivity index (χ0) is 26.6. The predicted octanol–water partition coefficient (Wildman–Crippen LogP) is 7.95. The quantitative estimate of drug-likeness (QED) is 0.308. The van der Waals surface area contributed by atoms with Crippen molar-refractivity contribution in [3.8, 4) is 16.9 Å². The maximum absolute atomic E-state index is 15.1. The number of likely N-dealkylation sites (tertiary alicyclic amines) is 2. The Hall–Kier alpha value is -1.60. The van der Waals surface area contributed by atoms with Crippen LogP contribution in [0.25, 0.3) is 11.1 Å². The highest BCUT2D eigenvalue weighted by Crippen LogP contribution is 2.38. The first-order chi connectivity index (χ1) is 18.4. The second-order valence-electron chi connectivity index (χ2n) is 10.9. The summed E-state index contributed by atoms with van der Waals surface area (Å²) in [6, 6.07) is 5.85. The lowest BCUT2D eigenvalue weighted by molar-refractivity contribution is -0.133. The molecule has 39 heavy (non-hydrogen) atoms. The maximum Gasteiger partial charge on any atom is 0.226 e. The number of hydrogen-bond donors (Lipinski definition) is 0. The first-order valence-corrected chi connectivity index (χ1v) is 14.8. The van der Waals surface area contributed by atoms with Gasteiger partial charge >= 0.3 is 0 Å². The van der Waals surface area contributed by atoms with E-state index < -0.39 is 11.6 Å². The Morgan fingerprint density at radius 1 is 0.846 bits per heavy atom. The molecule has 0 aromatic heterocycles. The molecule has 1 saturated carbocycles. The molecule has 0 bridgehead atoms. The third kappa shape index (κ3) is 7.19. The first kappa shape index (κ1) is 30.4. The minimum absolute atomic E-state index is 0. The summed E-state index contributed by atoms with van der Waals surface area (Å²) < 4.78 is 35.8. The number of piperidine rings is 1. The van der Waals surface area contributed by atoms with Crippen LogP contribution < -0.4 is 4.74 Å². The summed E-state index contributed by atoms with van der Waals surface area (Å²) in [5, 5.41) is 0.633. The van der Waals surface area contributed by atoms with Gasteiger partial charge in [0, 0.05) is 47.2 Å². The van der Waals surface area contributed by atoms with Crippen molar-refractivity contribution >= 4 is 41.5 Å². The summed E-state index contributed by atoms with van der Waals surface area (Å²) in [5.41, 5.74) is 0.726. The van der Waals surface area contributed by atoms with E-state index in [4.69, 9.17) is 27.9 Å². The molecule has 0 radical (unpaired) electrons. The van der Waals surface area contributed by atoms with Crippen molar-refractivity contribution in [1.29, 1.82) is 0 Å². The van der Waals surface area contributed by atoms with Crippen LogP contribution in [-0.2, 0) is 11.2 Å². The zero-order valence-electron chi connectivity index (χ0n) is 22.2. The molecule has 2 heterocycles. The van der Waals surface area contributed by atoms with Gasteiger partial charge in [-0.3, -0.25) is 9.69 Å². The Labute approximate surface area is 246 Å². The van der Waals surface area contributed by atoms with Crippen molar-refractivity contribution in [2.24, 2.45) is 5.92 Å². The van der Waals surface area contributed by atoms with Gasteiger partial charge in [0.1, 0.15) is 24.0 Å². The topological polar surface area (TPSA) is 32.8 Å². The number of carbonyl (C=O) groups excluding carboxylic acids is 1. The van der Waals surface area contributed by atoms with E-state index in [1.807, 2.05) is 4.90 Å². The second kappa shape index (κ2) is 13.8. The van der Waals surface area contributed by atoms with Gasteiger partial charge in [0.15, 0.2) is 0 Å². The number of benzene rings is 2. The predicted molar refractivity (Wildman–Crippen MR) is 155 cm³/mol. The van der Waals surface area contributed by atoms with Crippen LogP contribution in [0.5, 0.6) is 5.75 Å². The molecule has 2 aliphatic heterocycles. The summed E-state index contributed by atoms with van der Waals surface area (Å²) in [5.74, 6) is -1.30. The van der Waals surface area contributed by atoms with Crippen molar-refractivity contribution in [1.82, 2.24) is 9.80 Å². The number of nitrogens with zero attached hydrogens (tertiary/aromatic N) is 2. The van der Waals surface area contributed by atoms with Crippen LogP contribution >= 0.6 is 35.6 Å². The molecule has 0 N–H and O–H groups in total. The molecule has 3 aliphatic rings. The van der Waals surface area contributed by atoms with Gasteiger partial charge in [-0.1, -0.05) is 48.9 Å². The molecule has 1 amide bonds. The molecule has 0 spiro atoms. The average molecular weight is 602 g/mol. The van der Waals surface area contributed by atoms with E-state index in [0.717, 1.165) is 45.4 Å². The lowest BCUT2D eigenvalue weighted by Crippen LogP contribution is -2.39. The van der Waals surface area contributed by atoms with E-state index in [-0.39, 0.29) is 41.1 Å². The summed E-state index contributed by atoms with van der Waals surface area (Å²) in [6.07, 6.45) is 10.6. The maximum atomic E-state index is 15.1. The van der Waals surface area contributed by atoms with Gasteiger partial charge in [0.25, 0.3) is 0 Å². The Bertz CT molecular complexity index is 1110. The average Bonchev–Trinajstić information content (AvgIpc) is 3.27. The number of ether oxygens (including phenoxy) is 1. The molecule has 2 saturated heterocycles. The van der Waals surface area contributed by atoms with Crippen molar-refractivity contribution in [2.45, 2.75) is 70.3 Å². The minimum Gasteiger partial charge on any atom is -0.492 e. The van der Waals surface area contributed by atoms with Crippen molar-refractivity contribution in [3.05, 3.63) is 51.5 Å². The Kier molecular flexibility index (Phi) is 10.8. The van der Waals surface area contributed by atoms with Gasteiger partial charge in [-0.2, -0.15) is 0 Å². The van der Waals surface area contributed by atoms with Gasteiger partial charge < -0.3 is 9.64 Å². The molecule has 5 rings (SSSR count). The summed E-state index contributed by atoms with van der Waals surface area (Å²) in [6.45, 7) is 3.96. The van der Waals surface area contributed by atoms with Gasteiger partial charge in [-0.15, -0.1) is 12.4 Å². The van der Waals surface area contributed by atoms with Crippen LogP contribution in [-0.4, -0.2) is 54.5 Å². The van der Waals surface area contributed by atoms with Gasteiger partial charge in [-0.25, -0.2) is 8.78 Å². The van der Waals surface area contributed by atoms with E-state index in [1.54, 1.807) is 12.1 Å². The number of amides is 1. The highest BCUT2D eigenvalue weighted by molar-refractivity contribution is 6.36. The normalized spacial score (nSPS) is 20.8. The van der Waals surface area contributed by atoms with E-state index in [2.05, 4.69) is 4.90 Å². The Balaban J connectivity index is 0.00000353. The fourth-order valence-corrected chi connectivity index (χ4v) is 6.92. The molecular formula is C30H37Cl3F2N2O2. The van der Waals surface area contributed by atoms with Crippen LogP contribution in [0.1, 0.15) is 63.4 Å². The summed E-state index contributed by atoms with van der Waals surface area (Å²) in [4.78, 5) is 17.5. The highest BCUT2D eigenvalue weighted by atomic mass is 35.5. The molecule has 9 heteroatoms. The summed E-state index contributed by atoms with van der Waals surface area (Å²) >= 11 is 13.2. The number of carbonyl (C=O) groups is 1. The largest absolute Gasteiger partial charge is 0.492 e. The molecule has 2 aromatic carbocycles. The van der Waals surface area contributed by atoms with Crippen LogP contribution in [0.2, 0.25) is 10.0 Å². The van der Waals surface area contributed by atoms with Crippen molar-refractivity contribution in [2.75, 3.05) is 32.8 Å². The van der Waals surface area contributed by atoms with Gasteiger partial charge in [-0.05, 0) is 74.9 Å². The lowest BCUT2D eigenvalue weighted by Gasteiger charge is -2.31. The molecule has 1 atom stereocenters. The smallest absolute Gasteiger partial charge is 0.226 e. The standard InChI is InChI=1S/C30H36Cl2F2N2O2.ClH/c31-25-16-21(29-27(33)18-23(19-28(29)34)38-14-13-35-10-5-2-6-11-35)17-26(32)24(25)15-20-9-12-36(30(20)37)22-7-3-1-4-8-22;/h16-20,22H,1-15H2;1H. The fourth-order valence-electron chi connectivity index (χ4n) is 6.28. The minimum atomic E-state index is -0.730. The fraction of sp³-hybridized carbons (Fsp3) is 0.567. The lowest BCUT2D eigenvalue weighted by atomic mass is 9.93. The van der Waals surface area contributed by atoms with Crippen molar-refractivity contribution < 1.29 is 18.3 Å². The van der Waals surface area contributed by atoms with Gasteiger partial charge in [0.05, 0.1) is 5.56 Å².